The minimum Gasteiger partial charge on any atom is -0.497 e. The van der Waals surface area contributed by atoms with E-state index in [-0.39, 0.29) is 5.91 Å². The molecule has 0 aliphatic heterocycles. The summed E-state index contributed by atoms with van der Waals surface area (Å²) in [6.45, 7) is 2.47. The zero-order chi connectivity index (χ0) is 20.1. The van der Waals surface area contributed by atoms with Gasteiger partial charge in [0, 0.05) is 35.3 Å². The van der Waals surface area contributed by atoms with Gasteiger partial charge in [0.05, 0.1) is 19.8 Å². The molecule has 6 nitrogen and oxygen atoms in total. The lowest BCUT2D eigenvalue weighted by Crippen LogP contribution is -2.25. The third kappa shape index (κ3) is 4.06. The molecule has 0 radical (unpaired) electrons. The average molecular weight is 384 g/mol. The molecule has 1 aliphatic carbocycles. The maximum Gasteiger partial charge on any atom is 0.330 e. The van der Waals surface area contributed by atoms with Gasteiger partial charge in [0.1, 0.15) is 5.75 Å². The Labute approximate surface area is 165 Å². The van der Waals surface area contributed by atoms with Crippen molar-refractivity contribution in [2.45, 2.75) is 45.1 Å². The maximum atomic E-state index is 13.0. The van der Waals surface area contributed by atoms with Crippen LogP contribution in [0.15, 0.2) is 30.4 Å². The van der Waals surface area contributed by atoms with Crippen molar-refractivity contribution >= 4 is 22.8 Å². The highest BCUT2D eigenvalue weighted by atomic mass is 16.5. The number of benzene rings is 1. The van der Waals surface area contributed by atoms with Crippen LogP contribution in [0.3, 0.4) is 0 Å². The minimum atomic E-state index is -0.395. The van der Waals surface area contributed by atoms with Gasteiger partial charge < -0.3 is 19.4 Å². The van der Waals surface area contributed by atoms with E-state index in [1.807, 2.05) is 19.1 Å². The third-order valence-electron chi connectivity index (χ3n) is 5.42. The molecule has 2 aromatic rings. The first-order chi connectivity index (χ1) is 13.6. The number of hydrogen-bond acceptors (Lipinski definition) is 4. The van der Waals surface area contributed by atoms with Gasteiger partial charge in [-0.1, -0.05) is 18.9 Å². The molecule has 0 saturated heterocycles. The molecule has 6 heteroatoms. The van der Waals surface area contributed by atoms with E-state index in [2.05, 4.69) is 20.7 Å². The normalized spacial score (nSPS) is 14.7. The number of hydrogen-bond donors (Lipinski definition) is 1. The number of nitrogens with one attached hydrogen (secondary N) is 1. The van der Waals surface area contributed by atoms with E-state index >= 15 is 0 Å². The zero-order valence-corrected chi connectivity index (χ0v) is 16.8. The van der Waals surface area contributed by atoms with Crippen LogP contribution in [0.25, 0.3) is 10.9 Å². The molecule has 1 saturated carbocycles. The lowest BCUT2D eigenvalue weighted by molar-refractivity contribution is -0.134. The number of amides is 1. The van der Waals surface area contributed by atoms with Gasteiger partial charge in [-0.05, 0) is 44.4 Å². The van der Waals surface area contributed by atoms with Gasteiger partial charge in [-0.3, -0.25) is 4.79 Å². The lowest BCUT2D eigenvalue weighted by Gasteiger charge is -2.16. The van der Waals surface area contributed by atoms with Crippen molar-refractivity contribution in [3.63, 3.8) is 0 Å². The molecular formula is C22H28N2O4. The molecule has 0 atom stereocenters. The molecule has 1 aliphatic rings. The summed E-state index contributed by atoms with van der Waals surface area (Å²) < 4.78 is 12.3. The first-order valence-corrected chi connectivity index (χ1v) is 9.78. The van der Waals surface area contributed by atoms with E-state index in [1.54, 1.807) is 13.2 Å². The average Bonchev–Trinajstić information content (AvgIpc) is 3.31. The van der Waals surface area contributed by atoms with Gasteiger partial charge in [0.25, 0.3) is 5.91 Å². The van der Waals surface area contributed by atoms with E-state index in [4.69, 9.17) is 4.74 Å². The number of ether oxygens (including phenoxy) is 2. The van der Waals surface area contributed by atoms with Crippen LogP contribution in [-0.2, 0) is 9.53 Å². The van der Waals surface area contributed by atoms with Crippen LogP contribution >= 0.6 is 0 Å². The Morgan fingerprint density at radius 2 is 2.00 bits per heavy atom. The Hall–Kier alpha value is -2.76. The molecule has 0 unspecified atom stereocenters. The molecule has 0 bridgehead atoms. The van der Waals surface area contributed by atoms with Crippen molar-refractivity contribution in [3.8, 4) is 5.75 Å². The predicted octanol–water partition coefficient (Wildman–Crippen LogP) is 3.92. The molecule has 1 N–H and O–H groups in total. The molecule has 1 fully saturated rings. The number of rotatable bonds is 7. The Kier molecular flexibility index (Phi) is 6.39. The largest absolute Gasteiger partial charge is 0.497 e. The fourth-order valence-electron chi connectivity index (χ4n) is 4.07. The van der Waals surface area contributed by atoms with E-state index in [0.717, 1.165) is 35.2 Å². The van der Waals surface area contributed by atoms with Crippen molar-refractivity contribution in [1.82, 2.24) is 9.88 Å². The van der Waals surface area contributed by atoms with Crippen molar-refractivity contribution in [1.29, 1.82) is 0 Å². The monoisotopic (exact) mass is 384 g/mol. The summed E-state index contributed by atoms with van der Waals surface area (Å²) in [4.78, 5) is 24.1. The topological polar surface area (TPSA) is 69.6 Å². The molecule has 1 aromatic heterocycles. The number of esters is 1. The van der Waals surface area contributed by atoms with Crippen LogP contribution in [0.1, 0.15) is 54.2 Å². The second-order valence-electron chi connectivity index (χ2n) is 7.12. The summed E-state index contributed by atoms with van der Waals surface area (Å²) in [6, 6.07) is 6.39. The quantitative estimate of drug-likeness (QED) is 0.446. The van der Waals surface area contributed by atoms with Gasteiger partial charge in [0.15, 0.2) is 0 Å². The summed E-state index contributed by atoms with van der Waals surface area (Å²) in [5.41, 5.74) is 2.79. The summed E-state index contributed by atoms with van der Waals surface area (Å²) >= 11 is 0. The van der Waals surface area contributed by atoms with Gasteiger partial charge in [-0.25, -0.2) is 4.79 Å². The smallest absolute Gasteiger partial charge is 0.330 e. The second kappa shape index (κ2) is 8.95. The van der Waals surface area contributed by atoms with Crippen molar-refractivity contribution in [2.75, 3.05) is 20.8 Å². The van der Waals surface area contributed by atoms with Crippen LogP contribution in [0.2, 0.25) is 0 Å². The fourth-order valence-corrected chi connectivity index (χ4v) is 4.07. The zero-order valence-electron chi connectivity index (χ0n) is 16.8. The number of carbonyl (C=O) groups is 2. The standard InChI is InChI=1S/C22H28N2O4/c1-15-21(22(26)23-13-7-6-10-20(25)28-3)18-14-17(27-2)11-12-19(18)24(15)16-8-4-5-9-16/h6,10-12,14,16H,4-5,7-9,13H2,1-3H3,(H,23,26)/b10-6+. The summed E-state index contributed by atoms with van der Waals surface area (Å²) in [7, 11) is 2.97. The molecule has 1 heterocycles. The highest BCUT2D eigenvalue weighted by Crippen LogP contribution is 2.38. The fraction of sp³-hybridized carbons (Fsp3) is 0.455. The van der Waals surface area contributed by atoms with Crippen molar-refractivity contribution in [2.24, 2.45) is 0 Å². The molecule has 1 aromatic carbocycles. The SMILES string of the molecule is COC(=O)/C=C/CCNC(=O)c1c(C)n(C2CCCC2)c2ccc(OC)cc12. The van der Waals surface area contributed by atoms with Gasteiger partial charge in [-0.2, -0.15) is 0 Å². The molecule has 1 amide bonds. The van der Waals surface area contributed by atoms with Gasteiger partial charge >= 0.3 is 5.97 Å². The summed E-state index contributed by atoms with van der Waals surface area (Å²) in [5, 5.41) is 3.89. The molecule has 3 rings (SSSR count). The Bertz CT molecular complexity index is 892. The van der Waals surface area contributed by atoms with Crippen LogP contribution < -0.4 is 10.1 Å². The first kappa shape index (κ1) is 20.0. The predicted molar refractivity (Wildman–Crippen MR) is 109 cm³/mol. The van der Waals surface area contributed by atoms with E-state index < -0.39 is 5.97 Å². The van der Waals surface area contributed by atoms with Crippen LogP contribution in [0.5, 0.6) is 5.75 Å². The highest BCUT2D eigenvalue weighted by Gasteiger charge is 2.26. The van der Waals surface area contributed by atoms with E-state index in [9.17, 15) is 9.59 Å². The Morgan fingerprint density at radius 3 is 2.68 bits per heavy atom. The molecule has 28 heavy (non-hydrogen) atoms. The number of fused-ring (bicyclic) bond motifs is 1. The summed E-state index contributed by atoms with van der Waals surface area (Å²) in [5.74, 6) is 0.249. The van der Waals surface area contributed by atoms with Crippen LogP contribution in [0, 0.1) is 6.92 Å². The highest BCUT2D eigenvalue weighted by molar-refractivity contribution is 6.08. The molecule has 150 valence electrons. The number of methoxy groups -OCH3 is 2. The van der Waals surface area contributed by atoms with Gasteiger partial charge in [0.2, 0.25) is 0 Å². The third-order valence-corrected chi connectivity index (χ3v) is 5.42. The van der Waals surface area contributed by atoms with Crippen molar-refractivity contribution in [3.05, 3.63) is 41.6 Å². The second-order valence-corrected chi connectivity index (χ2v) is 7.12. The number of aromatic nitrogens is 1. The number of nitrogens with zero attached hydrogens (tertiary/aromatic N) is 1. The van der Waals surface area contributed by atoms with Crippen LogP contribution in [0.4, 0.5) is 0 Å². The minimum absolute atomic E-state index is 0.0982. The van der Waals surface area contributed by atoms with Crippen LogP contribution in [-0.4, -0.2) is 37.2 Å². The maximum absolute atomic E-state index is 13.0. The number of carbonyl (C=O) groups excluding carboxylic acids is 2. The molecular weight excluding hydrogens is 356 g/mol. The summed E-state index contributed by atoms with van der Waals surface area (Å²) in [6.07, 6.45) is 8.39. The molecule has 0 spiro atoms. The first-order valence-electron chi connectivity index (χ1n) is 9.78. The van der Waals surface area contributed by atoms with E-state index in [1.165, 1.54) is 26.0 Å². The van der Waals surface area contributed by atoms with Gasteiger partial charge in [-0.15, -0.1) is 0 Å². The van der Waals surface area contributed by atoms with Crippen molar-refractivity contribution < 1.29 is 19.1 Å². The van der Waals surface area contributed by atoms with E-state index in [0.29, 0.717) is 24.6 Å². The Balaban J connectivity index is 1.86. The lowest BCUT2D eigenvalue weighted by atomic mass is 10.1. The Morgan fingerprint density at radius 1 is 1.25 bits per heavy atom.